The monoisotopic (exact) mass is 211 g/mol. The summed E-state index contributed by atoms with van der Waals surface area (Å²) in [4.78, 5) is 0. The largest absolute Gasteiger partial charge is 0.468 e. The molecule has 0 fully saturated rings. The van der Waals surface area contributed by atoms with E-state index in [1.54, 1.807) is 6.26 Å². The van der Waals surface area contributed by atoms with E-state index in [2.05, 4.69) is 19.2 Å². The molecule has 0 aromatic carbocycles. The zero-order chi connectivity index (χ0) is 11.1. The Hall–Kier alpha value is -0.800. The normalized spacial score (nSPS) is 13.3. The van der Waals surface area contributed by atoms with E-state index in [1.807, 2.05) is 12.1 Å². The minimum absolute atomic E-state index is 0.255. The molecule has 1 atom stereocenters. The third-order valence-electron chi connectivity index (χ3n) is 2.83. The predicted molar refractivity (Wildman–Crippen MR) is 60.5 cm³/mol. The Morgan fingerprint density at radius 2 is 2.13 bits per heavy atom. The van der Waals surface area contributed by atoms with Crippen molar-refractivity contribution in [2.24, 2.45) is 5.92 Å². The second-order valence-electron chi connectivity index (χ2n) is 3.85. The first-order valence-electron chi connectivity index (χ1n) is 5.69. The van der Waals surface area contributed by atoms with Crippen molar-refractivity contribution in [1.29, 1.82) is 0 Å². The van der Waals surface area contributed by atoms with Crippen molar-refractivity contribution in [1.82, 2.24) is 5.32 Å². The molecule has 0 amide bonds. The lowest BCUT2D eigenvalue weighted by Gasteiger charge is -2.20. The Morgan fingerprint density at radius 3 is 2.67 bits per heavy atom. The van der Waals surface area contributed by atoms with Crippen LogP contribution in [-0.2, 0) is 6.54 Å². The summed E-state index contributed by atoms with van der Waals surface area (Å²) in [6, 6.07) is 3.80. The van der Waals surface area contributed by atoms with E-state index >= 15 is 0 Å². The fourth-order valence-electron chi connectivity index (χ4n) is 1.76. The van der Waals surface area contributed by atoms with Gasteiger partial charge in [0.2, 0.25) is 0 Å². The maximum atomic E-state index is 9.84. The van der Waals surface area contributed by atoms with Crippen molar-refractivity contribution >= 4 is 0 Å². The number of aliphatic hydroxyl groups excluding tert-OH is 1. The van der Waals surface area contributed by atoms with Crippen LogP contribution in [0, 0.1) is 5.92 Å². The molecule has 1 unspecified atom stereocenters. The Balaban J connectivity index is 2.19. The van der Waals surface area contributed by atoms with Gasteiger partial charge in [0.25, 0.3) is 0 Å². The predicted octanol–water partition coefficient (Wildman–Crippen LogP) is 2.17. The summed E-state index contributed by atoms with van der Waals surface area (Å²) < 4.78 is 5.18. The van der Waals surface area contributed by atoms with Gasteiger partial charge >= 0.3 is 0 Å². The molecule has 3 nitrogen and oxygen atoms in total. The summed E-state index contributed by atoms with van der Waals surface area (Å²) in [5, 5.41) is 13.0. The van der Waals surface area contributed by atoms with Gasteiger partial charge in [0, 0.05) is 6.54 Å². The minimum Gasteiger partial charge on any atom is -0.468 e. The maximum Gasteiger partial charge on any atom is 0.117 e. The Labute approximate surface area is 91.5 Å². The number of aliphatic hydroxyl groups is 1. The highest BCUT2D eigenvalue weighted by molar-refractivity contribution is 4.97. The van der Waals surface area contributed by atoms with Crippen molar-refractivity contribution in [3.05, 3.63) is 24.2 Å². The Kier molecular flexibility index (Phi) is 5.43. The molecule has 1 heterocycles. The molecule has 1 rings (SSSR count). The lowest BCUT2D eigenvalue weighted by Crippen LogP contribution is -2.32. The third-order valence-corrected chi connectivity index (χ3v) is 2.83. The lowest BCUT2D eigenvalue weighted by molar-refractivity contribution is 0.101. The molecule has 0 aliphatic carbocycles. The van der Waals surface area contributed by atoms with Gasteiger partial charge in [-0.15, -0.1) is 0 Å². The first kappa shape index (κ1) is 12.3. The number of furan rings is 1. The van der Waals surface area contributed by atoms with Gasteiger partial charge in [0.1, 0.15) is 5.76 Å². The van der Waals surface area contributed by atoms with Gasteiger partial charge in [-0.3, -0.25) is 0 Å². The van der Waals surface area contributed by atoms with Crippen molar-refractivity contribution in [3.63, 3.8) is 0 Å². The van der Waals surface area contributed by atoms with Crippen LogP contribution < -0.4 is 5.32 Å². The van der Waals surface area contributed by atoms with E-state index in [4.69, 9.17) is 4.42 Å². The average molecular weight is 211 g/mol. The summed E-state index contributed by atoms with van der Waals surface area (Å²) in [6.45, 7) is 5.55. The standard InChI is InChI=1S/C12H21NO2/c1-3-10(4-2)12(14)9-13-8-11-6-5-7-15-11/h5-7,10,12-14H,3-4,8-9H2,1-2H3. The van der Waals surface area contributed by atoms with Gasteiger partial charge in [-0.1, -0.05) is 26.7 Å². The van der Waals surface area contributed by atoms with Gasteiger partial charge in [-0.05, 0) is 18.1 Å². The van der Waals surface area contributed by atoms with Crippen LogP contribution in [0.25, 0.3) is 0 Å². The molecular weight excluding hydrogens is 190 g/mol. The SMILES string of the molecule is CCC(CC)C(O)CNCc1ccco1. The second kappa shape index (κ2) is 6.64. The first-order valence-corrected chi connectivity index (χ1v) is 5.69. The third kappa shape index (κ3) is 4.06. The molecule has 0 spiro atoms. The highest BCUT2D eigenvalue weighted by atomic mass is 16.3. The van der Waals surface area contributed by atoms with Gasteiger partial charge in [0.15, 0.2) is 0 Å². The molecule has 86 valence electrons. The highest BCUT2D eigenvalue weighted by Crippen LogP contribution is 2.12. The van der Waals surface area contributed by atoms with Gasteiger partial charge < -0.3 is 14.8 Å². The summed E-state index contributed by atoms with van der Waals surface area (Å²) in [7, 11) is 0. The lowest BCUT2D eigenvalue weighted by atomic mass is 9.96. The number of rotatable bonds is 7. The maximum absolute atomic E-state index is 9.84. The van der Waals surface area contributed by atoms with Crippen molar-refractivity contribution in [2.45, 2.75) is 39.3 Å². The van der Waals surface area contributed by atoms with Crippen LogP contribution >= 0.6 is 0 Å². The molecule has 3 heteroatoms. The zero-order valence-corrected chi connectivity index (χ0v) is 9.57. The Morgan fingerprint density at radius 1 is 1.40 bits per heavy atom. The van der Waals surface area contributed by atoms with Gasteiger partial charge in [-0.25, -0.2) is 0 Å². The van der Waals surface area contributed by atoms with Crippen molar-refractivity contribution < 1.29 is 9.52 Å². The van der Waals surface area contributed by atoms with Crippen molar-refractivity contribution in [3.8, 4) is 0 Å². The Bertz CT molecular complexity index is 242. The fourth-order valence-corrected chi connectivity index (χ4v) is 1.76. The van der Waals surface area contributed by atoms with Gasteiger partial charge in [-0.2, -0.15) is 0 Å². The molecule has 2 N–H and O–H groups in total. The smallest absolute Gasteiger partial charge is 0.117 e. The summed E-state index contributed by atoms with van der Waals surface area (Å²) in [5.74, 6) is 1.31. The molecule has 15 heavy (non-hydrogen) atoms. The topological polar surface area (TPSA) is 45.4 Å². The molecule has 0 radical (unpaired) electrons. The van der Waals surface area contributed by atoms with E-state index < -0.39 is 0 Å². The van der Waals surface area contributed by atoms with E-state index in [0.717, 1.165) is 18.6 Å². The molecule has 1 aromatic heterocycles. The molecule has 1 aromatic rings. The van der Waals surface area contributed by atoms with Gasteiger partial charge in [0.05, 0.1) is 18.9 Å². The van der Waals surface area contributed by atoms with E-state index in [1.165, 1.54) is 0 Å². The first-order chi connectivity index (χ1) is 7.27. The van der Waals surface area contributed by atoms with Crippen LogP contribution in [0.1, 0.15) is 32.4 Å². The molecule has 0 saturated carbocycles. The summed E-state index contributed by atoms with van der Waals surface area (Å²) in [5.41, 5.74) is 0. The molecular formula is C12H21NO2. The quantitative estimate of drug-likeness (QED) is 0.726. The zero-order valence-electron chi connectivity index (χ0n) is 9.57. The molecule has 0 saturated heterocycles. The van der Waals surface area contributed by atoms with E-state index in [-0.39, 0.29) is 6.10 Å². The fraction of sp³-hybridized carbons (Fsp3) is 0.667. The van der Waals surface area contributed by atoms with Crippen LogP contribution in [0.15, 0.2) is 22.8 Å². The molecule has 0 aliphatic rings. The second-order valence-corrected chi connectivity index (χ2v) is 3.85. The van der Waals surface area contributed by atoms with Crippen molar-refractivity contribution in [2.75, 3.05) is 6.54 Å². The van der Waals surface area contributed by atoms with Crippen LogP contribution in [0.2, 0.25) is 0 Å². The minimum atomic E-state index is -0.255. The average Bonchev–Trinajstić information content (AvgIpc) is 2.72. The number of nitrogens with one attached hydrogen (secondary N) is 1. The van der Waals surface area contributed by atoms with Crippen LogP contribution in [0.5, 0.6) is 0 Å². The summed E-state index contributed by atoms with van der Waals surface area (Å²) in [6.07, 6.45) is 3.46. The number of hydrogen-bond acceptors (Lipinski definition) is 3. The molecule has 0 aliphatic heterocycles. The molecule has 0 bridgehead atoms. The van der Waals surface area contributed by atoms with Crippen LogP contribution in [0.3, 0.4) is 0 Å². The summed E-state index contributed by atoms with van der Waals surface area (Å²) >= 11 is 0. The highest BCUT2D eigenvalue weighted by Gasteiger charge is 2.14. The van der Waals surface area contributed by atoms with E-state index in [9.17, 15) is 5.11 Å². The van der Waals surface area contributed by atoms with Crippen LogP contribution in [0.4, 0.5) is 0 Å². The van der Waals surface area contributed by atoms with Crippen LogP contribution in [-0.4, -0.2) is 17.8 Å². The van der Waals surface area contributed by atoms with E-state index in [0.29, 0.717) is 19.0 Å². The number of hydrogen-bond donors (Lipinski definition) is 2.